The van der Waals surface area contributed by atoms with Crippen molar-refractivity contribution in [3.63, 3.8) is 0 Å². The van der Waals surface area contributed by atoms with Crippen LogP contribution in [0.15, 0.2) is 48.7 Å². The first-order valence-electron chi connectivity index (χ1n) is 11.0. The Morgan fingerprint density at radius 1 is 1.30 bits per heavy atom. The number of halogens is 1. The van der Waals surface area contributed by atoms with Gasteiger partial charge in [-0.2, -0.15) is 0 Å². The molecule has 1 atom stereocenters. The van der Waals surface area contributed by atoms with E-state index in [-0.39, 0.29) is 30.3 Å². The number of aryl methyl sites for hydroxylation is 1. The Morgan fingerprint density at radius 3 is 2.94 bits per heavy atom. The molecule has 8 heteroatoms. The van der Waals surface area contributed by atoms with Gasteiger partial charge in [-0.05, 0) is 54.6 Å². The predicted octanol–water partition coefficient (Wildman–Crippen LogP) is 3.58. The van der Waals surface area contributed by atoms with Gasteiger partial charge >= 0.3 is 0 Å². The van der Waals surface area contributed by atoms with Crippen LogP contribution < -0.4 is 5.32 Å². The van der Waals surface area contributed by atoms with E-state index in [1.165, 1.54) is 5.39 Å². The summed E-state index contributed by atoms with van der Waals surface area (Å²) >= 11 is 0. The van der Waals surface area contributed by atoms with Crippen LogP contribution in [0.2, 0.25) is 0 Å². The predicted molar refractivity (Wildman–Crippen MR) is 132 cm³/mol. The molecule has 4 heterocycles. The van der Waals surface area contributed by atoms with Gasteiger partial charge in [0.15, 0.2) is 0 Å². The summed E-state index contributed by atoms with van der Waals surface area (Å²) in [6.07, 6.45) is 7.01. The maximum absolute atomic E-state index is 12.7. The number of nitrogens with zero attached hydrogens (tertiary/aromatic N) is 4. The molecule has 0 saturated carbocycles. The summed E-state index contributed by atoms with van der Waals surface area (Å²) in [4.78, 5) is 33.5. The average Bonchev–Trinajstić information content (AvgIpc) is 3.35. The van der Waals surface area contributed by atoms with Crippen molar-refractivity contribution in [2.24, 2.45) is 7.05 Å². The van der Waals surface area contributed by atoms with Gasteiger partial charge in [-0.3, -0.25) is 14.5 Å². The zero-order valence-corrected chi connectivity index (χ0v) is 19.6. The number of fused-ring (bicyclic) bond motifs is 3. The van der Waals surface area contributed by atoms with Crippen LogP contribution in [0.4, 0.5) is 5.82 Å². The number of hydrogen-bond donors (Lipinski definition) is 1. The fourth-order valence-electron chi connectivity index (χ4n) is 4.70. The molecule has 1 N–H and O–H groups in total. The normalized spacial score (nSPS) is 17.9. The van der Waals surface area contributed by atoms with Crippen molar-refractivity contribution in [2.75, 3.05) is 18.9 Å². The number of likely N-dealkylation sites (N-methyl/N-ethyl adjacent to an activating group) is 1. The van der Waals surface area contributed by atoms with Crippen LogP contribution in [0.5, 0.6) is 0 Å². The van der Waals surface area contributed by atoms with Crippen LogP contribution in [0, 0.1) is 0 Å². The minimum Gasteiger partial charge on any atom is -0.346 e. The number of benzene rings is 1. The average molecular weight is 466 g/mol. The van der Waals surface area contributed by atoms with Gasteiger partial charge < -0.3 is 14.8 Å². The quantitative estimate of drug-likeness (QED) is 0.598. The fourth-order valence-corrected chi connectivity index (χ4v) is 4.70. The fraction of sp³-hybridized carbons (Fsp3) is 0.320. The van der Waals surface area contributed by atoms with Crippen molar-refractivity contribution in [2.45, 2.75) is 32.0 Å². The summed E-state index contributed by atoms with van der Waals surface area (Å²) in [6, 6.07) is 12.3. The minimum atomic E-state index is -0.0712. The Bertz CT molecular complexity index is 1230. The molecule has 2 aliphatic rings. The monoisotopic (exact) mass is 465 g/mol. The number of anilines is 1. The summed E-state index contributed by atoms with van der Waals surface area (Å²) in [7, 11) is 3.83. The molecule has 172 valence electrons. The summed E-state index contributed by atoms with van der Waals surface area (Å²) in [5.41, 5.74) is 4.07. The smallest absolute Gasteiger partial charge is 0.246 e. The summed E-state index contributed by atoms with van der Waals surface area (Å²) in [5.74, 6) is 0.584. The van der Waals surface area contributed by atoms with E-state index in [1.807, 2.05) is 32.3 Å². The van der Waals surface area contributed by atoms with Gasteiger partial charge in [-0.15, -0.1) is 12.4 Å². The molecule has 1 saturated heterocycles. The highest BCUT2D eigenvalue weighted by molar-refractivity contribution is 5.96. The molecule has 0 unspecified atom stereocenters. The lowest BCUT2D eigenvalue weighted by Crippen LogP contribution is -2.36. The van der Waals surface area contributed by atoms with Crippen molar-refractivity contribution in [3.05, 3.63) is 65.5 Å². The number of amides is 2. The highest BCUT2D eigenvalue weighted by Crippen LogP contribution is 2.28. The van der Waals surface area contributed by atoms with Crippen LogP contribution >= 0.6 is 12.4 Å². The zero-order valence-electron chi connectivity index (χ0n) is 18.8. The third kappa shape index (κ3) is 4.51. The molecule has 7 nitrogen and oxygen atoms in total. The van der Waals surface area contributed by atoms with E-state index in [0.717, 1.165) is 41.7 Å². The first-order valence-corrected chi connectivity index (χ1v) is 11.0. The topological polar surface area (TPSA) is 70.5 Å². The van der Waals surface area contributed by atoms with E-state index in [0.29, 0.717) is 18.9 Å². The Hall–Kier alpha value is -3.16. The third-order valence-corrected chi connectivity index (χ3v) is 6.51. The second kappa shape index (κ2) is 9.37. The first-order chi connectivity index (χ1) is 15.5. The lowest BCUT2D eigenvalue weighted by molar-refractivity contribution is -0.125. The summed E-state index contributed by atoms with van der Waals surface area (Å²) in [5, 5.41) is 4.13. The van der Waals surface area contributed by atoms with Gasteiger partial charge in [-0.25, -0.2) is 4.98 Å². The maximum atomic E-state index is 12.7. The molecule has 1 fully saturated rings. The van der Waals surface area contributed by atoms with Crippen LogP contribution in [0.3, 0.4) is 0 Å². The number of para-hydroxylation sites is 1. The van der Waals surface area contributed by atoms with Crippen molar-refractivity contribution >= 4 is 47.0 Å². The molecule has 1 aromatic carbocycles. The van der Waals surface area contributed by atoms with E-state index < -0.39 is 0 Å². The molecular weight excluding hydrogens is 438 g/mol. The highest BCUT2D eigenvalue weighted by Gasteiger charge is 2.34. The Kier molecular flexibility index (Phi) is 6.54. The van der Waals surface area contributed by atoms with Crippen molar-refractivity contribution in [3.8, 4) is 0 Å². The lowest BCUT2D eigenvalue weighted by atomic mass is 10.1. The van der Waals surface area contributed by atoms with Crippen LogP contribution in [0.25, 0.3) is 17.0 Å². The molecule has 0 bridgehead atoms. The van der Waals surface area contributed by atoms with Crippen molar-refractivity contribution in [1.82, 2.24) is 19.4 Å². The van der Waals surface area contributed by atoms with Crippen LogP contribution in [0.1, 0.15) is 29.7 Å². The Morgan fingerprint density at radius 2 is 2.12 bits per heavy atom. The molecule has 2 aliphatic heterocycles. The van der Waals surface area contributed by atoms with Crippen LogP contribution in [-0.4, -0.2) is 50.8 Å². The van der Waals surface area contributed by atoms with E-state index in [1.54, 1.807) is 23.2 Å². The molecule has 5 rings (SSSR count). The number of aromatic nitrogens is 2. The standard InChI is InChI=1S/C25H27N5O2.ClH/c1-28(16-20-13-18-6-3-4-7-21(18)29(20)2)23(31)10-9-17-12-19-15-30-11-5-8-22(30)25(32)27-24(19)26-14-17;/h3-4,6-7,9-10,12-14,22H,5,8,11,15-16H2,1-2H3,(H,26,27,32);1H/t22-;/m0./s1. The highest BCUT2D eigenvalue weighted by atomic mass is 35.5. The van der Waals surface area contributed by atoms with Crippen molar-refractivity contribution in [1.29, 1.82) is 0 Å². The lowest BCUT2D eigenvalue weighted by Gasteiger charge is -2.19. The Labute approximate surface area is 199 Å². The van der Waals surface area contributed by atoms with Gasteiger partial charge in [0.2, 0.25) is 11.8 Å². The third-order valence-electron chi connectivity index (χ3n) is 6.51. The Balaban J connectivity index is 0.00000259. The van der Waals surface area contributed by atoms with Gasteiger partial charge in [0.05, 0.1) is 12.6 Å². The second-order valence-corrected chi connectivity index (χ2v) is 8.68. The van der Waals surface area contributed by atoms with Crippen molar-refractivity contribution < 1.29 is 9.59 Å². The van der Waals surface area contributed by atoms with Gasteiger partial charge in [0.1, 0.15) is 5.82 Å². The van der Waals surface area contributed by atoms with Crippen LogP contribution in [-0.2, 0) is 29.7 Å². The van der Waals surface area contributed by atoms with Gasteiger partial charge in [-0.1, -0.05) is 18.2 Å². The molecule has 0 spiro atoms. The summed E-state index contributed by atoms with van der Waals surface area (Å²) < 4.78 is 2.12. The molecule has 0 radical (unpaired) electrons. The van der Waals surface area contributed by atoms with E-state index >= 15 is 0 Å². The van der Waals surface area contributed by atoms with Gasteiger partial charge in [0, 0.05) is 49.7 Å². The maximum Gasteiger partial charge on any atom is 0.246 e. The number of carbonyl (C=O) groups excluding carboxylic acids is 2. The van der Waals surface area contributed by atoms with E-state index in [4.69, 9.17) is 0 Å². The SMILES string of the molecule is CN(Cc1cc2ccccc2n1C)C(=O)C=Cc1cnc2c(c1)CN1CCC[C@H]1C(=O)N2.Cl. The number of nitrogens with one attached hydrogen (secondary N) is 1. The van der Waals surface area contributed by atoms with E-state index in [9.17, 15) is 9.59 Å². The second-order valence-electron chi connectivity index (χ2n) is 8.68. The molecule has 2 amide bonds. The molecule has 3 aromatic rings. The molecular formula is C25H28ClN5O2. The number of pyridine rings is 1. The summed E-state index contributed by atoms with van der Waals surface area (Å²) in [6.45, 7) is 2.15. The number of hydrogen-bond acceptors (Lipinski definition) is 4. The number of carbonyl (C=O) groups is 2. The zero-order chi connectivity index (χ0) is 22.2. The molecule has 2 aromatic heterocycles. The van der Waals surface area contributed by atoms with Gasteiger partial charge in [0.25, 0.3) is 0 Å². The number of rotatable bonds is 4. The largest absolute Gasteiger partial charge is 0.346 e. The van der Waals surface area contributed by atoms with E-state index in [2.05, 4.69) is 38.0 Å². The minimum absolute atomic E-state index is 0. The molecule has 0 aliphatic carbocycles. The molecule has 33 heavy (non-hydrogen) atoms. The first kappa shape index (κ1) is 23.0.